The van der Waals surface area contributed by atoms with Gasteiger partial charge in [-0.15, -0.1) is 24.0 Å². The molecule has 0 spiro atoms. The molecule has 1 aromatic carbocycles. The van der Waals surface area contributed by atoms with Crippen molar-refractivity contribution >= 4 is 35.6 Å². The lowest BCUT2D eigenvalue weighted by Gasteiger charge is -2.36. The van der Waals surface area contributed by atoms with Crippen molar-refractivity contribution in [2.75, 3.05) is 70.6 Å². The van der Waals surface area contributed by atoms with E-state index in [1.807, 2.05) is 0 Å². The molecule has 3 fully saturated rings. The van der Waals surface area contributed by atoms with Gasteiger partial charge in [0.25, 0.3) is 0 Å². The van der Waals surface area contributed by atoms with E-state index in [0.717, 1.165) is 84.5 Å². The zero-order valence-corrected chi connectivity index (χ0v) is 21.0. The predicted octanol–water partition coefficient (Wildman–Crippen LogP) is 2.18. The van der Waals surface area contributed by atoms with Crippen LogP contribution in [0.1, 0.15) is 19.8 Å². The number of nitrogens with zero attached hydrogens (tertiary/aromatic N) is 3. The number of guanidine groups is 1. The summed E-state index contributed by atoms with van der Waals surface area (Å²) >= 11 is 0. The first-order valence-electron chi connectivity index (χ1n) is 11.6. The number of rotatable bonds is 7. The number of halogens is 1. The molecule has 174 valence electrons. The van der Waals surface area contributed by atoms with Crippen molar-refractivity contribution in [2.45, 2.75) is 31.8 Å². The van der Waals surface area contributed by atoms with Gasteiger partial charge in [-0.05, 0) is 31.9 Å². The number of hydrogen-bond donors (Lipinski definition) is 2. The van der Waals surface area contributed by atoms with Crippen LogP contribution in [0.5, 0.6) is 0 Å². The molecule has 2 N–H and O–H groups in total. The van der Waals surface area contributed by atoms with Crippen molar-refractivity contribution in [3.8, 4) is 0 Å². The second-order valence-electron chi connectivity index (χ2n) is 8.47. The Morgan fingerprint density at radius 3 is 2.61 bits per heavy atom. The van der Waals surface area contributed by atoms with E-state index in [0.29, 0.717) is 18.0 Å². The molecule has 3 unspecified atom stereocenters. The Balaban J connectivity index is 0.00000272. The van der Waals surface area contributed by atoms with Gasteiger partial charge in [-0.1, -0.05) is 18.2 Å². The molecule has 1 aromatic rings. The summed E-state index contributed by atoms with van der Waals surface area (Å²) in [6.07, 6.45) is 2.26. The molecule has 7 nitrogen and oxygen atoms in total. The van der Waals surface area contributed by atoms with E-state index in [1.165, 1.54) is 5.69 Å². The summed E-state index contributed by atoms with van der Waals surface area (Å²) in [6, 6.07) is 11.5. The fraction of sp³-hybridized carbons (Fsp3) is 0.696. The molecule has 0 radical (unpaired) electrons. The minimum absolute atomic E-state index is 0. The van der Waals surface area contributed by atoms with Crippen LogP contribution in [0.3, 0.4) is 0 Å². The quantitative estimate of drug-likeness (QED) is 0.313. The van der Waals surface area contributed by atoms with Crippen LogP contribution in [-0.2, 0) is 9.47 Å². The van der Waals surface area contributed by atoms with Crippen LogP contribution in [0, 0.1) is 5.92 Å². The third-order valence-electron chi connectivity index (χ3n) is 6.45. The van der Waals surface area contributed by atoms with Crippen molar-refractivity contribution in [3.63, 3.8) is 0 Å². The molecule has 0 bridgehead atoms. The molecule has 3 saturated heterocycles. The van der Waals surface area contributed by atoms with Crippen LogP contribution in [0.25, 0.3) is 0 Å². The number of hydrogen-bond acceptors (Lipinski definition) is 5. The van der Waals surface area contributed by atoms with Crippen LogP contribution in [0.15, 0.2) is 35.3 Å². The first-order chi connectivity index (χ1) is 14.8. The molecule has 0 amide bonds. The van der Waals surface area contributed by atoms with E-state index in [2.05, 4.69) is 57.7 Å². The number of nitrogens with one attached hydrogen (secondary N) is 2. The molecule has 3 aliphatic heterocycles. The van der Waals surface area contributed by atoms with E-state index in [4.69, 9.17) is 14.5 Å². The number of ether oxygens (including phenoxy) is 2. The maximum Gasteiger partial charge on any atom is 0.191 e. The summed E-state index contributed by atoms with van der Waals surface area (Å²) in [5.41, 5.74) is 1.30. The largest absolute Gasteiger partial charge is 0.381 e. The Morgan fingerprint density at radius 1 is 1.10 bits per heavy atom. The standard InChI is InChI=1S/C23H37N5O2.HI/c1-2-24-23(26-20-8-10-28(17-20)21-6-4-3-5-7-21)25-16-22(19-9-13-30-18-19)27-11-14-29-15-12-27;/h3-7,19-20,22H,2,8-18H2,1H3,(H2,24,25,26);1H. The smallest absolute Gasteiger partial charge is 0.191 e. The molecule has 0 aliphatic carbocycles. The van der Waals surface area contributed by atoms with Gasteiger partial charge in [-0.2, -0.15) is 0 Å². The fourth-order valence-electron chi connectivity index (χ4n) is 4.78. The van der Waals surface area contributed by atoms with Gasteiger partial charge in [0.15, 0.2) is 5.96 Å². The minimum atomic E-state index is 0. The van der Waals surface area contributed by atoms with Crippen LogP contribution in [0.4, 0.5) is 5.69 Å². The number of morpholine rings is 1. The number of benzene rings is 1. The Kier molecular flexibility index (Phi) is 10.1. The van der Waals surface area contributed by atoms with E-state index >= 15 is 0 Å². The van der Waals surface area contributed by atoms with Gasteiger partial charge in [-0.3, -0.25) is 9.89 Å². The van der Waals surface area contributed by atoms with Gasteiger partial charge in [0.1, 0.15) is 0 Å². The molecule has 3 atom stereocenters. The zero-order chi connectivity index (χ0) is 20.6. The molecule has 8 heteroatoms. The Morgan fingerprint density at radius 2 is 1.90 bits per heavy atom. The Hall–Kier alpha value is -1.10. The highest BCUT2D eigenvalue weighted by Gasteiger charge is 2.31. The second-order valence-corrected chi connectivity index (χ2v) is 8.47. The van der Waals surface area contributed by atoms with Crippen LogP contribution >= 0.6 is 24.0 Å². The van der Waals surface area contributed by atoms with Crippen molar-refractivity contribution < 1.29 is 9.47 Å². The Labute approximate surface area is 204 Å². The van der Waals surface area contributed by atoms with E-state index < -0.39 is 0 Å². The van der Waals surface area contributed by atoms with E-state index in [1.54, 1.807) is 0 Å². The molecule has 3 heterocycles. The number of aliphatic imine (C=N–C) groups is 1. The monoisotopic (exact) mass is 543 g/mol. The highest BCUT2D eigenvalue weighted by atomic mass is 127. The maximum absolute atomic E-state index is 5.70. The summed E-state index contributed by atoms with van der Waals surface area (Å²) in [7, 11) is 0. The van der Waals surface area contributed by atoms with Crippen molar-refractivity contribution in [1.29, 1.82) is 0 Å². The normalized spacial score (nSPS) is 25.8. The third kappa shape index (κ3) is 6.94. The molecule has 4 rings (SSSR count). The fourth-order valence-corrected chi connectivity index (χ4v) is 4.78. The summed E-state index contributed by atoms with van der Waals surface area (Å²) < 4.78 is 11.3. The molecule has 0 saturated carbocycles. The number of para-hydroxylation sites is 1. The van der Waals surface area contributed by atoms with Gasteiger partial charge < -0.3 is 25.0 Å². The zero-order valence-electron chi connectivity index (χ0n) is 18.7. The molecule has 3 aliphatic rings. The topological polar surface area (TPSA) is 61.4 Å². The van der Waals surface area contributed by atoms with Gasteiger partial charge in [0.2, 0.25) is 0 Å². The Bertz CT molecular complexity index is 665. The van der Waals surface area contributed by atoms with E-state index in [-0.39, 0.29) is 24.0 Å². The summed E-state index contributed by atoms with van der Waals surface area (Å²) in [4.78, 5) is 10.0. The van der Waals surface area contributed by atoms with Gasteiger partial charge in [-0.25, -0.2) is 0 Å². The lowest BCUT2D eigenvalue weighted by molar-refractivity contribution is 0.00368. The lowest BCUT2D eigenvalue weighted by atomic mass is 9.97. The summed E-state index contributed by atoms with van der Waals surface area (Å²) in [6.45, 7) is 11.3. The molecule has 0 aromatic heterocycles. The molecular formula is C23H38IN5O2. The van der Waals surface area contributed by atoms with Crippen LogP contribution in [-0.4, -0.2) is 88.6 Å². The highest BCUT2D eigenvalue weighted by Crippen LogP contribution is 2.23. The van der Waals surface area contributed by atoms with Crippen molar-refractivity contribution in [3.05, 3.63) is 30.3 Å². The molecule has 31 heavy (non-hydrogen) atoms. The van der Waals surface area contributed by atoms with Gasteiger partial charge in [0.05, 0.1) is 26.4 Å². The third-order valence-corrected chi connectivity index (χ3v) is 6.45. The number of anilines is 1. The van der Waals surface area contributed by atoms with Gasteiger partial charge in [0, 0.05) is 63.0 Å². The van der Waals surface area contributed by atoms with E-state index in [9.17, 15) is 0 Å². The SMILES string of the molecule is CCNC(=NCC(C1CCOC1)N1CCOCC1)NC1CCN(c2ccccc2)C1.I. The van der Waals surface area contributed by atoms with Crippen molar-refractivity contribution in [1.82, 2.24) is 15.5 Å². The summed E-state index contributed by atoms with van der Waals surface area (Å²) in [5, 5.41) is 7.15. The average Bonchev–Trinajstić information content (AvgIpc) is 3.48. The maximum atomic E-state index is 5.70. The van der Waals surface area contributed by atoms with Gasteiger partial charge >= 0.3 is 0 Å². The predicted molar refractivity (Wildman–Crippen MR) is 137 cm³/mol. The first kappa shape index (κ1) is 24.5. The molecular weight excluding hydrogens is 505 g/mol. The first-order valence-corrected chi connectivity index (χ1v) is 11.6. The van der Waals surface area contributed by atoms with Crippen molar-refractivity contribution in [2.24, 2.45) is 10.9 Å². The lowest BCUT2D eigenvalue weighted by Crippen LogP contribution is -2.50. The summed E-state index contributed by atoms with van der Waals surface area (Å²) in [5.74, 6) is 1.50. The van der Waals surface area contributed by atoms with Crippen LogP contribution in [0.2, 0.25) is 0 Å². The van der Waals surface area contributed by atoms with Crippen LogP contribution < -0.4 is 15.5 Å². The average molecular weight is 543 g/mol. The minimum Gasteiger partial charge on any atom is -0.381 e. The highest BCUT2D eigenvalue weighted by molar-refractivity contribution is 14.0. The second kappa shape index (κ2) is 12.8.